The van der Waals surface area contributed by atoms with Gasteiger partial charge in [-0.25, -0.2) is 17.9 Å². The fraction of sp³-hybridized carbons (Fsp3) is 0.235. The summed E-state index contributed by atoms with van der Waals surface area (Å²) in [5.74, 6) is 0. The van der Waals surface area contributed by atoms with E-state index in [0.29, 0.717) is 17.8 Å². The number of sulfonamides is 1. The van der Waals surface area contributed by atoms with E-state index >= 15 is 0 Å². The molecule has 2 aromatic carbocycles. The highest BCUT2D eigenvalue weighted by atomic mass is 32.2. The maximum Gasteiger partial charge on any atom is 0.315 e. The molecule has 11 heteroatoms. The smallest absolute Gasteiger partial charge is 0.315 e. The third-order valence-corrected chi connectivity index (χ3v) is 5.17. The first-order chi connectivity index (χ1) is 13.3. The largest absolute Gasteiger partial charge is 0.378 e. The Hall–Kier alpha value is -3.18. The third kappa shape index (κ3) is 5.93. The molecule has 0 aliphatic heterocycles. The number of urea groups is 1. The normalized spacial score (nSPS) is 10.9. The summed E-state index contributed by atoms with van der Waals surface area (Å²) in [5.41, 5.74) is 0.963. The Bertz CT molecular complexity index is 948. The van der Waals surface area contributed by atoms with Crippen LogP contribution < -0.4 is 20.7 Å². The lowest BCUT2D eigenvalue weighted by atomic mass is 10.2. The van der Waals surface area contributed by atoms with Gasteiger partial charge in [0.25, 0.3) is 5.69 Å². The average molecular weight is 407 g/mol. The standard InChI is InChI=1S/C17H21N5O5S/c1-18-28(26,27)14-6-4-5-13(11-14)12-21-17(23)20-10-9-19-15-7-2-3-8-16(15)22(24)25/h2-8,11,18-19H,9-10,12H2,1H3,(H2,20,21,23). The van der Waals surface area contributed by atoms with Crippen molar-refractivity contribution in [1.82, 2.24) is 15.4 Å². The van der Waals surface area contributed by atoms with Crippen molar-refractivity contribution >= 4 is 27.4 Å². The molecule has 4 N–H and O–H groups in total. The van der Waals surface area contributed by atoms with E-state index < -0.39 is 21.0 Å². The molecule has 0 aliphatic carbocycles. The fourth-order valence-corrected chi connectivity index (χ4v) is 3.14. The number of anilines is 1. The predicted octanol–water partition coefficient (Wildman–Crippen LogP) is 1.41. The van der Waals surface area contributed by atoms with E-state index in [1.165, 1.54) is 25.2 Å². The van der Waals surface area contributed by atoms with Gasteiger partial charge in [0.1, 0.15) is 5.69 Å². The molecule has 0 spiro atoms. The lowest BCUT2D eigenvalue weighted by Gasteiger charge is -2.10. The molecule has 2 rings (SSSR count). The number of hydrogen-bond donors (Lipinski definition) is 4. The van der Waals surface area contributed by atoms with Crippen molar-refractivity contribution in [2.45, 2.75) is 11.4 Å². The molecule has 0 saturated carbocycles. The number of nitrogens with one attached hydrogen (secondary N) is 4. The van der Waals surface area contributed by atoms with E-state index in [1.54, 1.807) is 30.3 Å². The zero-order valence-corrected chi connectivity index (χ0v) is 16.0. The highest BCUT2D eigenvalue weighted by Gasteiger charge is 2.12. The van der Waals surface area contributed by atoms with Crippen LogP contribution in [0.3, 0.4) is 0 Å². The molecule has 0 aromatic heterocycles. The number of benzene rings is 2. The summed E-state index contributed by atoms with van der Waals surface area (Å²) in [4.78, 5) is 22.4. The molecule has 0 bridgehead atoms. The Morgan fingerprint density at radius 2 is 1.82 bits per heavy atom. The number of nitro benzene ring substituents is 1. The van der Waals surface area contributed by atoms with Gasteiger partial charge in [0.2, 0.25) is 10.0 Å². The predicted molar refractivity (Wildman–Crippen MR) is 105 cm³/mol. The number of hydrogen-bond acceptors (Lipinski definition) is 6. The number of carbonyl (C=O) groups is 1. The zero-order chi connectivity index (χ0) is 20.6. The van der Waals surface area contributed by atoms with Gasteiger partial charge >= 0.3 is 6.03 Å². The van der Waals surface area contributed by atoms with E-state index in [1.807, 2.05) is 0 Å². The summed E-state index contributed by atoms with van der Waals surface area (Å²) in [6.45, 7) is 0.691. The molecular formula is C17H21N5O5S. The van der Waals surface area contributed by atoms with E-state index in [4.69, 9.17) is 0 Å². The number of amides is 2. The van der Waals surface area contributed by atoms with E-state index in [0.717, 1.165) is 0 Å². The van der Waals surface area contributed by atoms with Crippen LogP contribution in [-0.4, -0.2) is 39.5 Å². The van der Waals surface area contributed by atoms with Crippen LogP contribution in [0.4, 0.5) is 16.2 Å². The molecule has 150 valence electrons. The second kappa shape index (κ2) is 9.67. The van der Waals surface area contributed by atoms with Crippen molar-refractivity contribution in [1.29, 1.82) is 0 Å². The van der Waals surface area contributed by atoms with Gasteiger partial charge in [0.15, 0.2) is 0 Å². The first-order valence-electron chi connectivity index (χ1n) is 8.35. The minimum atomic E-state index is -3.55. The molecule has 0 fully saturated rings. The Morgan fingerprint density at radius 1 is 1.07 bits per heavy atom. The topological polar surface area (TPSA) is 142 Å². The molecule has 0 heterocycles. The van der Waals surface area contributed by atoms with Gasteiger partial charge in [-0.05, 0) is 30.8 Å². The van der Waals surface area contributed by atoms with Crippen molar-refractivity contribution in [3.8, 4) is 0 Å². The van der Waals surface area contributed by atoms with Crippen LogP contribution in [0.2, 0.25) is 0 Å². The number of para-hydroxylation sites is 2. The second-order valence-corrected chi connectivity index (χ2v) is 7.55. The molecule has 28 heavy (non-hydrogen) atoms. The quantitative estimate of drug-likeness (QED) is 0.281. The minimum Gasteiger partial charge on any atom is -0.378 e. The van der Waals surface area contributed by atoms with E-state index in [2.05, 4.69) is 20.7 Å². The van der Waals surface area contributed by atoms with Crippen molar-refractivity contribution < 1.29 is 18.1 Å². The molecule has 10 nitrogen and oxygen atoms in total. The van der Waals surface area contributed by atoms with Crippen LogP contribution in [-0.2, 0) is 16.6 Å². The van der Waals surface area contributed by atoms with Crippen LogP contribution in [0.15, 0.2) is 53.4 Å². The molecule has 2 amide bonds. The van der Waals surface area contributed by atoms with E-state index in [9.17, 15) is 23.3 Å². The molecular weight excluding hydrogens is 386 g/mol. The van der Waals surface area contributed by atoms with Gasteiger partial charge in [-0.1, -0.05) is 24.3 Å². The van der Waals surface area contributed by atoms with Gasteiger partial charge in [-0.3, -0.25) is 10.1 Å². The summed E-state index contributed by atoms with van der Waals surface area (Å²) in [5, 5.41) is 19.1. The Kier molecular flexibility index (Phi) is 7.29. The number of rotatable bonds is 9. The summed E-state index contributed by atoms with van der Waals surface area (Å²) < 4.78 is 25.8. The third-order valence-electron chi connectivity index (χ3n) is 3.76. The van der Waals surface area contributed by atoms with Crippen LogP contribution in [0, 0.1) is 10.1 Å². The molecule has 0 saturated heterocycles. The van der Waals surface area contributed by atoms with Gasteiger partial charge in [0, 0.05) is 25.7 Å². The van der Waals surface area contributed by atoms with Crippen LogP contribution in [0.5, 0.6) is 0 Å². The van der Waals surface area contributed by atoms with Crippen LogP contribution in [0.25, 0.3) is 0 Å². The summed E-state index contributed by atoms with van der Waals surface area (Å²) >= 11 is 0. The van der Waals surface area contributed by atoms with Crippen molar-refractivity contribution in [3.63, 3.8) is 0 Å². The zero-order valence-electron chi connectivity index (χ0n) is 15.1. The molecule has 0 radical (unpaired) electrons. The first kappa shape index (κ1) is 21.1. The summed E-state index contributed by atoms with van der Waals surface area (Å²) in [6, 6.07) is 12.0. The molecule has 0 aliphatic rings. The monoisotopic (exact) mass is 407 g/mol. The highest BCUT2D eigenvalue weighted by molar-refractivity contribution is 7.89. The van der Waals surface area contributed by atoms with Gasteiger partial charge in [-0.2, -0.15) is 0 Å². The number of carbonyl (C=O) groups excluding carboxylic acids is 1. The van der Waals surface area contributed by atoms with Crippen molar-refractivity contribution in [2.75, 3.05) is 25.5 Å². The lowest BCUT2D eigenvalue weighted by Crippen LogP contribution is -2.37. The molecule has 2 aromatic rings. The van der Waals surface area contributed by atoms with Gasteiger partial charge in [0.05, 0.1) is 9.82 Å². The summed E-state index contributed by atoms with van der Waals surface area (Å²) in [7, 11) is -2.22. The number of nitro groups is 1. The van der Waals surface area contributed by atoms with Crippen molar-refractivity contribution in [3.05, 3.63) is 64.2 Å². The fourth-order valence-electron chi connectivity index (χ4n) is 2.34. The number of nitrogens with zero attached hydrogens (tertiary/aromatic N) is 1. The van der Waals surface area contributed by atoms with Crippen LogP contribution >= 0.6 is 0 Å². The van der Waals surface area contributed by atoms with Crippen molar-refractivity contribution in [2.24, 2.45) is 0 Å². The van der Waals surface area contributed by atoms with Crippen LogP contribution in [0.1, 0.15) is 5.56 Å². The second-order valence-electron chi connectivity index (χ2n) is 5.67. The first-order valence-corrected chi connectivity index (χ1v) is 9.83. The highest BCUT2D eigenvalue weighted by Crippen LogP contribution is 2.22. The van der Waals surface area contributed by atoms with E-state index in [-0.39, 0.29) is 23.7 Å². The maximum absolute atomic E-state index is 11.9. The van der Waals surface area contributed by atoms with Gasteiger partial charge in [-0.15, -0.1) is 0 Å². The SMILES string of the molecule is CNS(=O)(=O)c1cccc(CNC(=O)NCCNc2ccccc2[N+](=O)[O-])c1. The summed E-state index contributed by atoms with van der Waals surface area (Å²) in [6.07, 6.45) is 0. The average Bonchev–Trinajstić information content (AvgIpc) is 2.70. The Balaban J connectivity index is 1.78. The lowest BCUT2D eigenvalue weighted by molar-refractivity contribution is -0.384. The maximum atomic E-state index is 11.9. The Labute approximate surface area is 162 Å². The molecule has 0 atom stereocenters. The Morgan fingerprint density at radius 3 is 2.54 bits per heavy atom. The minimum absolute atomic E-state index is 0.0386. The van der Waals surface area contributed by atoms with Gasteiger partial charge < -0.3 is 16.0 Å². The molecule has 0 unspecified atom stereocenters.